The summed E-state index contributed by atoms with van der Waals surface area (Å²) in [6.07, 6.45) is 0.802. The van der Waals surface area contributed by atoms with Gasteiger partial charge in [-0.15, -0.1) is 0 Å². The first-order chi connectivity index (χ1) is 12.9. The molecule has 0 spiro atoms. The van der Waals surface area contributed by atoms with Gasteiger partial charge in [0.05, 0.1) is 29.3 Å². The molecule has 2 N–H and O–H groups in total. The third-order valence-corrected chi connectivity index (χ3v) is 5.18. The second-order valence-corrected chi connectivity index (χ2v) is 7.40. The van der Waals surface area contributed by atoms with Crippen molar-refractivity contribution in [2.75, 3.05) is 18.5 Å². The lowest BCUT2D eigenvalue weighted by atomic mass is 10.2. The summed E-state index contributed by atoms with van der Waals surface area (Å²) in [4.78, 5) is 24.1. The van der Waals surface area contributed by atoms with E-state index in [0.717, 1.165) is 12.0 Å². The van der Waals surface area contributed by atoms with Gasteiger partial charge in [0.1, 0.15) is 0 Å². The van der Waals surface area contributed by atoms with Gasteiger partial charge in [0, 0.05) is 0 Å². The van der Waals surface area contributed by atoms with Gasteiger partial charge < -0.3 is 10.1 Å². The molecular formula is C19H22N2O5S. The Kier molecular flexibility index (Phi) is 7.09. The number of para-hydroxylation sites is 1. The van der Waals surface area contributed by atoms with Crippen LogP contribution in [-0.2, 0) is 26.0 Å². The number of hydrogen-bond donors (Lipinski definition) is 2. The number of carbonyl (C=O) groups excluding carboxylic acids is 2. The van der Waals surface area contributed by atoms with Gasteiger partial charge in [0.15, 0.2) is 0 Å². The van der Waals surface area contributed by atoms with Gasteiger partial charge in [0.2, 0.25) is 15.9 Å². The first-order valence-electron chi connectivity index (χ1n) is 8.52. The van der Waals surface area contributed by atoms with Crippen LogP contribution in [0.25, 0.3) is 0 Å². The lowest BCUT2D eigenvalue weighted by molar-refractivity contribution is -0.115. The van der Waals surface area contributed by atoms with E-state index in [1.54, 1.807) is 37.3 Å². The SMILES string of the molecule is CCOC(=O)c1ccccc1NC(=O)CNS(=O)(=O)c1ccc(CC)cc1. The highest BCUT2D eigenvalue weighted by molar-refractivity contribution is 7.89. The molecule has 0 aliphatic rings. The maximum Gasteiger partial charge on any atom is 0.340 e. The highest BCUT2D eigenvalue weighted by Crippen LogP contribution is 2.16. The molecule has 144 valence electrons. The van der Waals surface area contributed by atoms with Crippen LogP contribution in [0.1, 0.15) is 29.8 Å². The van der Waals surface area contributed by atoms with Crippen molar-refractivity contribution in [2.45, 2.75) is 25.2 Å². The minimum absolute atomic E-state index is 0.0828. The molecule has 2 aromatic carbocycles. The topological polar surface area (TPSA) is 102 Å². The van der Waals surface area contributed by atoms with E-state index in [9.17, 15) is 18.0 Å². The van der Waals surface area contributed by atoms with Crippen LogP contribution in [0.5, 0.6) is 0 Å². The fourth-order valence-electron chi connectivity index (χ4n) is 2.32. The zero-order valence-corrected chi connectivity index (χ0v) is 16.0. The van der Waals surface area contributed by atoms with Gasteiger partial charge >= 0.3 is 5.97 Å². The fourth-order valence-corrected chi connectivity index (χ4v) is 3.30. The van der Waals surface area contributed by atoms with Crippen molar-refractivity contribution in [1.82, 2.24) is 4.72 Å². The number of ether oxygens (including phenoxy) is 1. The first kappa shape index (κ1) is 20.6. The second kappa shape index (κ2) is 9.29. The molecule has 2 aromatic rings. The number of rotatable bonds is 8. The van der Waals surface area contributed by atoms with Crippen molar-refractivity contribution in [3.8, 4) is 0 Å². The van der Waals surface area contributed by atoms with Crippen molar-refractivity contribution < 1.29 is 22.7 Å². The highest BCUT2D eigenvalue weighted by atomic mass is 32.2. The Morgan fingerprint density at radius 3 is 2.30 bits per heavy atom. The summed E-state index contributed by atoms with van der Waals surface area (Å²) in [5.41, 5.74) is 1.47. The number of aryl methyl sites for hydroxylation is 1. The summed E-state index contributed by atoms with van der Waals surface area (Å²) in [7, 11) is -3.81. The fraction of sp³-hybridized carbons (Fsp3) is 0.263. The van der Waals surface area contributed by atoms with Crippen LogP contribution < -0.4 is 10.0 Å². The van der Waals surface area contributed by atoms with Gasteiger partial charge in [0.25, 0.3) is 0 Å². The number of amides is 1. The van der Waals surface area contributed by atoms with E-state index in [2.05, 4.69) is 10.0 Å². The number of benzene rings is 2. The number of hydrogen-bond acceptors (Lipinski definition) is 5. The standard InChI is InChI=1S/C19H22N2O5S/c1-3-14-9-11-15(12-10-14)27(24,25)20-13-18(22)21-17-8-6-5-7-16(17)19(23)26-4-2/h5-12,20H,3-4,13H2,1-2H3,(H,21,22). The second-order valence-electron chi connectivity index (χ2n) is 5.64. The molecule has 27 heavy (non-hydrogen) atoms. The summed E-state index contributed by atoms with van der Waals surface area (Å²) in [5.74, 6) is -1.16. The van der Waals surface area contributed by atoms with Crippen molar-refractivity contribution >= 4 is 27.6 Å². The van der Waals surface area contributed by atoms with E-state index < -0.39 is 28.4 Å². The number of sulfonamides is 1. The summed E-state index contributed by atoms with van der Waals surface area (Å²) < 4.78 is 31.8. The number of nitrogens with one attached hydrogen (secondary N) is 2. The largest absolute Gasteiger partial charge is 0.462 e. The lowest BCUT2D eigenvalue weighted by Gasteiger charge is -2.11. The zero-order valence-electron chi connectivity index (χ0n) is 15.2. The Morgan fingerprint density at radius 2 is 1.67 bits per heavy atom. The van der Waals surface area contributed by atoms with E-state index in [-0.39, 0.29) is 22.8 Å². The quantitative estimate of drug-likeness (QED) is 0.674. The van der Waals surface area contributed by atoms with Gasteiger partial charge in [-0.2, -0.15) is 0 Å². The molecule has 7 nitrogen and oxygen atoms in total. The highest BCUT2D eigenvalue weighted by Gasteiger charge is 2.17. The van der Waals surface area contributed by atoms with Crippen molar-refractivity contribution in [2.24, 2.45) is 0 Å². The summed E-state index contributed by atoms with van der Waals surface area (Å²) in [6, 6.07) is 12.8. The third kappa shape index (κ3) is 5.63. The molecule has 0 aromatic heterocycles. The van der Waals surface area contributed by atoms with Gasteiger partial charge in [-0.05, 0) is 43.2 Å². The average molecular weight is 390 g/mol. The van der Waals surface area contributed by atoms with E-state index in [1.165, 1.54) is 18.2 Å². The van der Waals surface area contributed by atoms with Crippen LogP contribution in [0, 0.1) is 0 Å². The smallest absolute Gasteiger partial charge is 0.340 e. The monoisotopic (exact) mass is 390 g/mol. The van der Waals surface area contributed by atoms with E-state index in [0.29, 0.717) is 0 Å². The Bertz CT molecular complexity index is 908. The van der Waals surface area contributed by atoms with Crippen LogP contribution in [0.4, 0.5) is 5.69 Å². The molecule has 0 saturated heterocycles. The van der Waals surface area contributed by atoms with E-state index in [4.69, 9.17) is 4.74 Å². The Morgan fingerprint density at radius 1 is 1.00 bits per heavy atom. The lowest BCUT2D eigenvalue weighted by Crippen LogP contribution is -2.33. The number of carbonyl (C=O) groups is 2. The zero-order chi connectivity index (χ0) is 19.9. The average Bonchev–Trinajstić information content (AvgIpc) is 2.67. The molecule has 0 aliphatic carbocycles. The molecule has 0 fully saturated rings. The molecule has 2 rings (SSSR count). The molecular weight excluding hydrogens is 368 g/mol. The van der Waals surface area contributed by atoms with Gasteiger partial charge in [-0.1, -0.05) is 31.2 Å². The Balaban J connectivity index is 2.03. The van der Waals surface area contributed by atoms with Gasteiger partial charge in [-0.25, -0.2) is 17.9 Å². The van der Waals surface area contributed by atoms with Crippen molar-refractivity contribution in [1.29, 1.82) is 0 Å². The first-order valence-corrected chi connectivity index (χ1v) is 10.00. The molecule has 1 amide bonds. The Hall–Kier alpha value is -2.71. The minimum Gasteiger partial charge on any atom is -0.462 e. The molecule has 0 aliphatic heterocycles. The molecule has 0 bridgehead atoms. The molecule has 8 heteroatoms. The normalized spacial score (nSPS) is 11.0. The molecule has 0 saturated carbocycles. The van der Waals surface area contributed by atoms with Crippen LogP contribution >= 0.6 is 0 Å². The molecule has 0 radical (unpaired) electrons. The molecule has 0 atom stereocenters. The third-order valence-electron chi connectivity index (χ3n) is 3.76. The summed E-state index contributed by atoms with van der Waals surface area (Å²) in [5, 5.41) is 2.53. The predicted molar refractivity (Wildman–Crippen MR) is 102 cm³/mol. The van der Waals surface area contributed by atoms with E-state index >= 15 is 0 Å². The van der Waals surface area contributed by atoms with Gasteiger partial charge in [-0.3, -0.25) is 4.79 Å². The molecule has 0 heterocycles. The van der Waals surface area contributed by atoms with Crippen LogP contribution in [0.2, 0.25) is 0 Å². The maximum absolute atomic E-state index is 12.3. The Labute approximate surface area is 158 Å². The maximum atomic E-state index is 12.3. The number of anilines is 1. The predicted octanol–water partition coefficient (Wildman–Crippen LogP) is 2.34. The van der Waals surface area contributed by atoms with Crippen molar-refractivity contribution in [3.63, 3.8) is 0 Å². The van der Waals surface area contributed by atoms with E-state index in [1.807, 2.05) is 6.92 Å². The minimum atomic E-state index is -3.81. The van der Waals surface area contributed by atoms with Crippen molar-refractivity contribution in [3.05, 3.63) is 59.7 Å². The summed E-state index contributed by atoms with van der Waals surface area (Å²) in [6.45, 7) is 3.40. The molecule has 0 unspecified atom stereocenters. The van der Waals surface area contributed by atoms with Crippen LogP contribution in [0.3, 0.4) is 0 Å². The van der Waals surface area contributed by atoms with Crippen LogP contribution in [-0.4, -0.2) is 33.4 Å². The van der Waals surface area contributed by atoms with Crippen LogP contribution in [0.15, 0.2) is 53.4 Å². The number of esters is 1. The summed E-state index contributed by atoms with van der Waals surface area (Å²) >= 11 is 0.